The van der Waals surface area contributed by atoms with Crippen LogP contribution in [0.1, 0.15) is 37.4 Å². The summed E-state index contributed by atoms with van der Waals surface area (Å²) in [7, 11) is 1.65. The molecular weight excluding hydrogens is 728 g/mol. The van der Waals surface area contributed by atoms with Gasteiger partial charge in [-0.2, -0.15) is 5.10 Å². The van der Waals surface area contributed by atoms with Gasteiger partial charge in [-0.3, -0.25) is 9.59 Å². The highest BCUT2D eigenvalue weighted by atomic mass is 16.6. The Balaban J connectivity index is 0.861. The van der Waals surface area contributed by atoms with Crippen molar-refractivity contribution in [2.75, 3.05) is 118 Å². The molecule has 1 aliphatic rings. The number of carbonyl (C=O) groups is 2. The van der Waals surface area contributed by atoms with Crippen LogP contribution < -0.4 is 21.1 Å². The minimum absolute atomic E-state index is 0.0505. The van der Waals surface area contributed by atoms with Gasteiger partial charge in [0.2, 0.25) is 12.3 Å². The third-order valence-electron chi connectivity index (χ3n) is 9.29. The second-order valence-electron chi connectivity index (χ2n) is 13.0. The number of hydrogen-bond acceptors (Lipinski definition) is 14. The Hall–Kier alpha value is -4.43. The molecule has 1 aliphatic carbocycles. The van der Waals surface area contributed by atoms with Crippen molar-refractivity contribution in [1.82, 2.24) is 35.2 Å². The number of fused-ring (bicyclic) bond motifs is 2. The third-order valence-corrected chi connectivity index (χ3v) is 9.29. The van der Waals surface area contributed by atoms with Gasteiger partial charge in [-0.15, -0.1) is 0 Å². The largest absolute Gasteiger partial charge is 0.495 e. The lowest BCUT2D eigenvalue weighted by molar-refractivity contribution is -0.126. The van der Waals surface area contributed by atoms with Gasteiger partial charge in [-0.05, 0) is 37.8 Å². The highest BCUT2D eigenvalue weighted by Crippen LogP contribution is 2.39. The van der Waals surface area contributed by atoms with Gasteiger partial charge in [0.1, 0.15) is 29.1 Å². The number of ether oxygens (including phenoxy) is 8. The van der Waals surface area contributed by atoms with Crippen molar-refractivity contribution in [3.05, 3.63) is 36.4 Å². The molecule has 308 valence electrons. The topological polar surface area (TPSA) is 217 Å². The minimum Gasteiger partial charge on any atom is -0.495 e. The Morgan fingerprint density at radius 3 is 1.98 bits per heavy atom. The lowest BCUT2D eigenvalue weighted by atomic mass is 9.81. The van der Waals surface area contributed by atoms with E-state index in [4.69, 9.17) is 48.6 Å². The zero-order chi connectivity index (χ0) is 39.2. The molecular formula is C38H56N8O10. The Bertz CT molecular complexity index is 1750. The number of carbonyl (C=O) groups excluding carboxylic acids is 2. The van der Waals surface area contributed by atoms with Crippen molar-refractivity contribution in [1.29, 1.82) is 0 Å². The monoisotopic (exact) mass is 784 g/mol. The summed E-state index contributed by atoms with van der Waals surface area (Å²) in [5.41, 5.74) is 9.40. The fourth-order valence-corrected chi connectivity index (χ4v) is 6.47. The molecule has 5 rings (SSSR count). The van der Waals surface area contributed by atoms with Crippen molar-refractivity contribution < 1.29 is 47.5 Å². The smallest absolute Gasteiger partial charge is 0.223 e. The minimum atomic E-state index is -0.0630. The number of aromatic amines is 1. The number of methoxy groups -OCH3 is 1. The lowest BCUT2D eigenvalue weighted by Crippen LogP contribution is -2.35. The number of benzene rings is 1. The molecule has 18 nitrogen and oxygen atoms in total. The molecule has 56 heavy (non-hydrogen) atoms. The molecule has 5 N–H and O–H groups in total. The fraction of sp³-hybridized carbons (Fsp3) is 0.605. The van der Waals surface area contributed by atoms with Crippen molar-refractivity contribution in [3.8, 4) is 17.1 Å². The van der Waals surface area contributed by atoms with E-state index < -0.39 is 0 Å². The molecule has 0 aliphatic heterocycles. The maximum absolute atomic E-state index is 12.9. The standard InChI is InChI=1S/C38H56N8O10/c1-49-32-4-2-3-30-25-31(44-33(30)32)34-35-36(39)42-26-43-46(35)37(45-34)28-5-7-29(8-6-28)38(48)41-10-12-51-14-16-53-18-20-55-22-24-56-23-21-54-19-17-52-15-13-50-11-9-40-27-47/h2-4,25-29,44H,5-24H2,1H3,(H,40,47)(H,41,48)(H2,39,42,43)/t28-,29-. The van der Waals surface area contributed by atoms with Crippen LogP contribution in [-0.2, 0) is 42.7 Å². The van der Waals surface area contributed by atoms with Crippen molar-refractivity contribution in [3.63, 3.8) is 0 Å². The second-order valence-corrected chi connectivity index (χ2v) is 13.0. The fourth-order valence-electron chi connectivity index (χ4n) is 6.47. The van der Waals surface area contributed by atoms with Crippen LogP contribution in [0, 0.1) is 5.92 Å². The molecule has 18 heteroatoms. The zero-order valence-corrected chi connectivity index (χ0v) is 32.2. The summed E-state index contributed by atoms with van der Waals surface area (Å²) in [6.07, 6.45) is 5.21. The van der Waals surface area contributed by atoms with Crippen molar-refractivity contribution in [2.24, 2.45) is 5.92 Å². The molecule has 0 atom stereocenters. The first-order valence-corrected chi connectivity index (χ1v) is 19.2. The molecule has 1 fully saturated rings. The number of nitrogens with zero attached hydrogens (tertiary/aromatic N) is 4. The number of para-hydroxylation sites is 1. The number of anilines is 1. The van der Waals surface area contributed by atoms with Crippen LogP contribution in [0.4, 0.5) is 5.82 Å². The molecule has 0 bridgehead atoms. The van der Waals surface area contributed by atoms with Crippen LogP contribution in [0.3, 0.4) is 0 Å². The van der Waals surface area contributed by atoms with E-state index in [0.717, 1.165) is 53.9 Å². The quantitative estimate of drug-likeness (QED) is 0.0459. The molecule has 2 amide bonds. The normalized spacial score (nSPS) is 15.7. The summed E-state index contributed by atoms with van der Waals surface area (Å²) in [5.74, 6) is 2.04. The second kappa shape index (κ2) is 24.3. The number of nitrogens with one attached hydrogen (secondary N) is 3. The SMILES string of the molecule is COc1cccc2cc(-c3nc([C@H]4CC[C@H](C(=O)NCCOCCOCCOCCOCCOCCOCCOCCNC=O)CC4)n4ncnc(N)c34)[nH]c12. The number of aromatic nitrogens is 5. The van der Waals surface area contributed by atoms with Crippen molar-refractivity contribution in [2.45, 2.75) is 31.6 Å². The van der Waals surface area contributed by atoms with E-state index in [1.807, 2.05) is 24.3 Å². The van der Waals surface area contributed by atoms with Crippen LogP contribution in [0.5, 0.6) is 5.75 Å². The zero-order valence-electron chi connectivity index (χ0n) is 32.2. The number of nitrogen functional groups attached to an aromatic ring is 1. The highest BCUT2D eigenvalue weighted by Gasteiger charge is 2.31. The molecule has 4 aromatic rings. The Kier molecular flexibility index (Phi) is 18.5. The molecule has 3 heterocycles. The summed E-state index contributed by atoms with van der Waals surface area (Å²) >= 11 is 0. The maximum Gasteiger partial charge on any atom is 0.223 e. The van der Waals surface area contributed by atoms with E-state index in [1.165, 1.54) is 6.33 Å². The number of amides is 2. The van der Waals surface area contributed by atoms with Crippen LogP contribution in [0.25, 0.3) is 27.8 Å². The maximum atomic E-state index is 12.9. The predicted molar refractivity (Wildman–Crippen MR) is 207 cm³/mol. The number of H-pyrrole nitrogens is 1. The molecule has 1 saturated carbocycles. The average molecular weight is 785 g/mol. The summed E-state index contributed by atoms with van der Waals surface area (Å²) in [6, 6.07) is 7.91. The first-order chi connectivity index (χ1) is 27.6. The molecule has 0 saturated heterocycles. The van der Waals surface area contributed by atoms with Gasteiger partial charge in [0, 0.05) is 30.3 Å². The molecule has 0 spiro atoms. The lowest BCUT2D eigenvalue weighted by Gasteiger charge is -2.26. The summed E-state index contributed by atoms with van der Waals surface area (Å²) < 4.78 is 45.6. The van der Waals surface area contributed by atoms with Gasteiger partial charge in [-0.1, -0.05) is 12.1 Å². The van der Waals surface area contributed by atoms with E-state index in [1.54, 1.807) is 11.6 Å². The summed E-state index contributed by atoms with van der Waals surface area (Å²) in [6.45, 7) is 7.44. The summed E-state index contributed by atoms with van der Waals surface area (Å²) in [4.78, 5) is 35.8. The third kappa shape index (κ3) is 13.1. The van der Waals surface area contributed by atoms with Gasteiger partial charge < -0.3 is 59.2 Å². The van der Waals surface area contributed by atoms with E-state index >= 15 is 0 Å². The van der Waals surface area contributed by atoms with E-state index in [-0.39, 0.29) is 17.7 Å². The first kappa shape index (κ1) is 42.7. The van der Waals surface area contributed by atoms with Gasteiger partial charge in [0.05, 0.1) is 111 Å². The van der Waals surface area contributed by atoms with Crippen LogP contribution in [-0.4, -0.2) is 150 Å². The van der Waals surface area contributed by atoms with E-state index in [2.05, 4.69) is 25.7 Å². The molecule has 1 aromatic carbocycles. The Morgan fingerprint density at radius 2 is 1.41 bits per heavy atom. The average Bonchev–Trinajstić information content (AvgIpc) is 3.84. The van der Waals surface area contributed by atoms with Gasteiger partial charge in [0.15, 0.2) is 5.82 Å². The number of nitrogens with two attached hydrogens (primary N) is 1. The van der Waals surface area contributed by atoms with Crippen LogP contribution in [0.2, 0.25) is 0 Å². The number of rotatable bonds is 29. The van der Waals surface area contributed by atoms with Gasteiger partial charge in [0.25, 0.3) is 0 Å². The Labute approximate surface area is 326 Å². The Morgan fingerprint density at radius 1 is 0.839 bits per heavy atom. The first-order valence-electron chi connectivity index (χ1n) is 19.2. The predicted octanol–water partition coefficient (Wildman–Crippen LogP) is 2.12. The summed E-state index contributed by atoms with van der Waals surface area (Å²) in [5, 5.41) is 11.1. The van der Waals surface area contributed by atoms with Crippen LogP contribution in [0.15, 0.2) is 30.6 Å². The van der Waals surface area contributed by atoms with E-state index in [9.17, 15) is 9.59 Å². The highest BCUT2D eigenvalue weighted by molar-refractivity contribution is 5.93. The number of imidazole rings is 1. The number of hydrogen-bond donors (Lipinski definition) is 4. The van der Waals surface area contributed by atoms with Crippen molar-refractivity contribution >= 4 is 34.6 Å². The molecule has 0 radical (unpaired) electrons. The molecule has 0 unspecified atom stereocenters. The van der Waals surface area contributed by atoms with Gasteiger partial charge in [-0.25, -0.2) is 14.5 Å². The molecule has 3 aromatic heterocycles. The van der Waals surface area contributed by atoms with Gasteiger partial charge >= 0.3 is 0 Å². The van der Waals surface area contributed by atoms with Crippen LogP contribution >= 0.6 is 0 Å². The van der Waals surface area contributed by atoms with E-state index in [0.29, 0.717) is 129 Å².